The van der Waals surface area contributed by atoms with E-state index < -0.39 is 5.79 Å². The molecular formula is C20H24O2. The fourth-order valence-electron chi connectivity index (χ4n) is 3.67. The van der Waals surface area contributed by atoms with Gasteiger partial charge in [0, 0.05) is 25.3 Å². The lowest BCUT2D eigenvalue weighted by Crippen LogP contribution is -2.31. The zero-order valence-corrected chi connectivity index (χ0v) is 14.3. The Morgan fingerprint density at radius 2 is 1.55 bits per heavy atom. The average Bonchev–Trinajstić information content (AvgIpc) is 2.78. The van der Waals surface area contributed by atoms with Crippen LogP contribution in [0.3, 0.4) is 0 Å². The lowest BCUT2D eigenvalue weighted by Gasteiger charge is -2.31. The second-order valence-electron chi connectivity index (χ2n) is 7.00. The molecule has 2 heteroatoms. The Balaban J connectivity index is 2.48. The third kappa shape index (κ3) is 1.87. The van der Waals surface area contributed by atoms with Gasteiger partial charge in [-0.25, -0.2) is 0 Å². The van der Waals surface area contributed by atoms with Crippen LogP contribution in [0.15, 0.2) is 36.4 Å². The van der Waals surface area contributed by atoms with Crippen LogP contribution < -0.4 is 0 Å². The third-order valence-electron chi connectivity index (χ3n) is 4.68. The normalized spacial score (nSPS) is 15.5. The molecule has 0 amide bonds. The first-order valence-corrected chi connectivity index (χ1v) is 7.71. The molecule has 0 saturated heterocycles. The zero-order chi connectivity index (χ0) is 16.1. The van der Waals surface area contributed by atoms with E-state index in [1.54, 1.807) is 14.2 Å². The van der Waals surface area contributed by atoms with Gasteiger partial charge in [0.1, 0.15) is 0 Å². The number of aryl methyl sites for hydroxylation is 1. The van der Waals surface area contributed by atoms with Gasteiger partial charge >= 0.3 is 0 Å². The smallest absolute Gasteiger partial charge is 0.223 e. The van der Waals surface area contributed by atoms with Crippen LogP contribution >= 0.6 is 0 Å². The summed E-state index contributed by atoms with van der Waals surface area (Å²) in [6, 6.07) is 12.8. The summed E-state index contributed by atoms with van der Waals surface area (Å²) in [4.78, 5) is 0. The summed E-state index contributed by atoms with van der Waals surface area (Å²) in [5, 5.41) is 0. The van der Waals surface area contributed by atoms with Crippen LogP contribution in [-0.2, 0) is 20.7 Å². The Bertz CT molecular complexity index is 719. The summed E-state index contributed by atoms with van der Waals surface area (Å²) in [6.07, 6.45) is 0. The van der Waals surface area contributed by atoms with E-state index >= 15 is 0 Å². The van der Waals surface area contributed by atoms with Gasteiger partial charge in [-0.15, -0.1) is 0 Å². The van der Waals surface area contributed by atoms with Crippen molar-refractivity contribution >= 4 is 0 Å². The fraction of sp³-hybridized carbons (Fsp3) is 0.400. The van der Waals surface area contributed by atoms with E-state index in [1.165, 1.54) is 22.3 Å². The highest BCUT2D eigenvalue weighted by atomic mass is 16.7. The van der Waals surface area contributed by atoms with Crippen molar-refractivity contribution in [2.24, 2.45) is 0 Å². The fourth-order valence-corrected chi connectivity index (χ4v) is 3.67. The molecule has 0 spiro atoms. The zero-order valence-electron chi connectivity index (χ0n) is 14.3. The molecule has 116 valence electrons. The SMILES string of the molecule is COC1(OC)c2ccccc2-c2c(C(C)(C)C)ccc(C)c21. The van der Waals surface area contributed by atoms with E-state index in [1.807, 2.05) is 6.07 Å². The maximum Gasteiger partial charge on any atom is 0.223 e. The van der Waals surface area contributed by atoms with Crippen LogP contribution in [0.1, 0.15) is 43.0 Å². The third-order valence-corrected chi connectivity index (χ3v) is 4.68. The van der Waals surface area contributed by atoms with E-state index in [0.29, 0.717) is 0 Å². The van der Waals surface area contributed by atoms with E-state index in [-0.39, 0.29) is 5.41 Å². The van der Waals surface area contributed by atoms with Crippen molar-refractivity contribution in [1.82, 2.24) is 0 Å². The molecule has 0 fully saturated rings. The van der Waals surface area contributed by atoms with Gasteiger partial charge in [0.2, 0.25) is 5.79 Å². The first kappa shape index (κ1) is 15.3. The molecule has 2 aromatic rings. The van der Waals surface area contributed by atoms with Gasteiger partial charge < -0.3 is 9.47 Å². The number of rotatable bonds is 2. The van der Waals surface area contributed by atoms with Gasteiger partial charge in [-0.2, -0.15) is 0 Å². The van der Waals surface area contributed by atoms with Crippen LogP contribution in [0, 0.1) is 6.92 Å². The topological polar surface area (TPSA) is 18.5 Å². The number of hydrogen-bond donors (Lipinski definition) is 0. The molecule has 0 unspecified atom stereocenters. The lowest BCUT2D eigenvalue weighted by atomic mass is 9.80. The van der Waals surface area contributed by atoms with Gasteiger partial charge in [-0.3, -0.25) is 0 Å². The standard InChI is InChI=1S/C20H24O2/c1-13-11-12-16(19(2,3)4)17-14-9-7-8-10-15(14)20(21-5,22-6)18(13)17/h7-12H,1-6H3. The van der Waals surface area contributed by atoms with Crippen molar-refractivity contribution in [3.8, 4) is 11.1 Å². The monoisotopic (exact) mass is 296 g/mol. The molecule has 0 radical (unpaired) electrons. The summed E-state index contributed by atoms with van der Waals surface area (Å²) in [6.45, 7) is 8.88. The molecule has 0 heterocycles. The second kappa shape index (κ2) is 4.94. The van der Waals surface area contributed by atoms with Crippen LogP contribution in [0.4, 0.5) is 0 Å². The number of hydrogen-bond acceptors (Lipinski definition) is 2. The molecule has 0 bridgehead atoms. The molecule has 2 aromatic carbocycles. The van der Waals surface area contributed by atoms with E-state index in [4.69, 9.17) is 9.47 Å². The van der Waals surface area contributed by atoms with Crippen molar-refractivity contribution in [2.45, 2.75) is 38.9 Å². The predicted molar refractivity (Wildman–Crippen MR) is 90.1 cm³/mol. The summed E-state index contributed by atoms with van der Waals surface area (Å²) < 4.78 is 11.9. The molecule has 0 saturated carbocycles. The van der Waals surface area contributed by atoms with Crippen molar-refractivity contribution in [2.75, 3.05) is 14.2 Å². The van der Waals surface area contributed by atoms with Gasteiger partial charge in [0.05, 0.1) is 0 Å². The van der Waals surface area contributed by atoms with Gasteiger partial charge in [0.15, 0.2) is 0 Å². The van der Waals surface area contributed by atoms with Crippen LogP contribution in [0.5, 0.6) is 0 Å². The summed E-state index contributed by atoms with van der Waals surface area (Å²) in [5.41, 5.74) is 7.31. The minimum atomic E-state index is -0.808. The van der Waals surface area contributed by atoms with Crippen LogP contribution in [0.2, 0.25) is 0 Å². The summed E-state index contributed by atoms with van der Waals surface area (Å²) in [7, 11) is 3.44. The van der Waals surface area contributed by atoms with Crippen LogP contribution in [-0.4, -0.2) is 14.2 Å². The molecule has 2 nitrogen and oxygen atoms in total. The first-order chi connectivity index (χ1) is 10.4. The van der Waals surface area contributed by atoms with E-state index in [2.05, 4.69) is 58.0 Å². The van der Waals surface area contributed by atoms with Crippen molar-refractivity contribution in [3.05, 3.63) is 58.7 Å². The Kier molecular flexibility index (Phi) is 3.42. The molecule has 1 aliphatic carbocycles. The molecular weight excluding hydrogens is 272 g/mol. The van der Waals surface area contributed by atoms with Crippen molar-refractivity contribution in [3.63, 3.8) is 0 Å². The number of benzene rings is 2. The molecule has 0 atom stereocenters. The summed E-state index contributed by atoms with van der Waals surface area (Å²) >= 11 is 0. The molecule has 0 N–H and O–H groups in total. The van der Waals surface area contributed by atoms with E-state index in [9.17, 15) is 0 Å². The number of ether oxygens (including phenoxy) is 2. The van der Waals surface area contributed by atoms with Gasteiger partial charge in [0.25, 0.3) is 0 Å². The molecule has 0 aromatic heterocycles. The average molecular weight is 296 g/mol. The molecule has 22 heavy (non-hydrogen) atoms. The number of methoxy groups -OCH3 is 2. The maximum atomic E-state index is 5.93. The number of fused-ring (bicyclic) bond motifs is 3. The highest BCUT2D eigenvalue weighted by molar-refractivity contribution is 5.84. The van der Waals surface area contributed by atoms with Crippen molar-refractivity contribution < 1.29 is 9.47 Å². The van der Waals surface area contributed by atoms with Crippen LogP contribution in [0.25, 0.3) is 11.1 Å². The summed E-state index contributed by atoms with van der Waals surface area (Å²) in [5.74, 6) is -0.808. The highest BCUT2D eigenvalue weighted by Gasteiger charge is 2.47. The van der Waals surface area contributed by atoms with E-state index in [0.717, 1.165) is 11.1 Å². The Morgan fingerprint density at radius 3 is 2.14 bits per heavy atom. The molecule has 0 aliphatic heterocycles. The largest absolute Gasteiger partial charge is 0.346 e. The first-order valence-electron chi connectivity index (χ1n) is 7.71. The predicted octanol–water partition coefficient (Wildman–Crippen LogP) is 4.77. The maximum absolute atomic E-state index is 5.93. The highest BCUT2D eigenvalue weighted by Crippen LogP contribution is 2.53. The van der Waals surface area contributed by atoms with Crippen molar-refractivity contribution in [1.29, 1.82) is 0 Å². The minimum Gasteiger partial charge on any atom is -0.346 e. The lowest BCUT2D eigenvalue weighted by molar-refractivity contribution is -0.181. The van der Waals surface area contributed by atoms with Gasteiger partial charge in [-0.1, -0.05) is 57.2 Å². The quantitative estimate of drug-likeness (QED) is 0.743. The Labute approximate surface area is 133 Å². The Hall–Kier alpha value is -1.64. The molecule has 1 aliphatic rings. The van der Waals surface area contributed by atoms with Gasteiger partial charge in [-0.05, 0) is 34.6 Å². The second-order valence-corrected chi connectivity index (χ2v) is 7.00. The minimum absolute atomic E-state index is 0.0580. The Morgan fingerprint density at radius 1 is 0.909 bits per heavy atom. The molecule has 3 rings (SSSR count).